The third-order valence-corrected chi connectivity index (χ3v) is 5.83. The highest BCUT2D eigenvalue weighted by atomic mass is 19.1. The minimum atomic E-state index is -0.688. The molecule has 0 spiro atoms. The summed E-state index contributed by atoms with van der Waals surface area (Å²) in [6.07, 6.45) is 0.944. The van der Waals surface area contributed by atoms with Gasteiger partial charge in [0.05, 0.1) is 30.5 Å². The van der Waals surface area contributed by atoms with Gasteiger partial charge in [-0.25, -0.2) is 4.39 Å². The molecule has 3 heterocycles. The van der Waals surface area contributed by atoms with Gasteiger partial charge in [0.2, 0.25) is 0 Å². The Hall–Kier alpha value is -3.01. The molecule has 1 aromatic heterocycles. The van der Waals surface area contributed by atoms with E-state index in [2.05, 4.69) is 20.5 Å². The molecule has 0 saturated carbocycles. The quantitative estimate of drug-likeness (QED) is 0.508. The Morgan fingerprint density at radius 1 is 1.34 bits per heavy atom. The van der Waals surface area contributed by atoms with E-state index < -0.39 is 11.9 Å². The minimum Gasteiger partial charge on any atom is -0.390 e. The molecule has 0 aliphatic carbocycles. The summed E-state index contributed by atoms with van der Waals surface area (Å²) in [7, 11) is 0. The molecule has 2 aromatic rings. The fourth-order valence-electron chi connectivity index (χ4n) is 4.15. The number of carbonyl (C=O) groups excluding carboxylic acids is 2. The van der Waals surface area contributed by atoms with Crippen molar-refractivity contribution in [3.05, 3.63) is 52.1 Å². The zero-order chi connectivity index (χ0) is 22.8. The first-order chi connectivity index (χ1) is 15.3. The van der Waals surface area contributed by atoms with Crippen LogP contribution in [0.1, 0.15) is 32.9 Å². The molecule has 0 radical (unpaired) electrons. The van der Waals surface area contributed by atoms with Crippen molar-refractivity contribution >= 4 is 29.2 Å². The zero-order valence-electron chi connectivity index (χ0n) is 18.1. The molecule has 2 aliphatic heterocycles. The second-order valence-corrected chi connectivity index (χ2v) is 8.14. The number of aliphatic hydroxyl groups excluding tert-OH is 1. The van der Waals surface area contributed by atoms with Crippen molar-refractivity contribution in [2.24, 2.45) is 0 Å². The fourth-order valence-corrected chi connectivity index (χ4v) is 4.15. The van der Waals surface area contributed by atoms with Gasteiger partial charge < -0.3 is 25.5 Å². The van der Waals surface area contributed by atoms with E-state index >= 15 is 0 Å². The van der Waals surface area contributed by atoms with Gasteiger partial charge in [0.1, 0.15) is 5.82 Å². The van der Waals surface area contributed by atoms with Crippen LogP contribution in [0, 0.1) is 19.7 Å². The zero-order valence-corrected chi connectivity index (χ0v) is 18.1. The second-order valence-electron chi connectivity index (χ2n) is 8.14. The Morgan fingerprint density at radius 2 is 2.09 bits per heavy atom. The summed E-state index contributed by atoms with van der Waals surface area (Å²) >= 11 is 0. The van der Waals surface area contributed by atoms with Crippen molar-refractivity contribution in [3.63, 3.8) is 0 Å². The molecule has 8 nitrogen and oxygen atoms in total. The first-order valence-electron chi connectivity index (χ1n) is 10.6. The molecular formula is C23H27FN4O4. The Kier molecular flexibility index (Phi) is 6.40. The van der Waals surface area contributed by atoms with E-state index in [1.807, 2.05) is 0 Å². The van der Waals surface area contributed by atoms with Crippen LogP contribution in [-0.2, 0) is 9.53 Å². The van der Waals surface area contributed by atoms with Crippen LogP contribution >= 0.6 is 0 Å². The Balaban J connectivity index is 1.47. The number of anilines is 1. The maximum absolute atomic E-state index is 13.7. The SMILES string of the molecule is Cc1[nH]c(/[14CH]=C2\C(=O)Nc3ccc(F)cc32)c(C)c1C(=O)NCC(O)CN1CCOCC1. The van der Waals surface area contributed by atoms with Gasteiger partial charge in [0.25, 0.3) is 11.8 Å². The molecule has 1 aromatic carbocycles. The molecule has 0 bridgehead atoms. The lowest BCUT2D eigenvalue weighted by Crippen LogP contribution is -2.44. The van der Waals surface area contributed by atoms with Crippen LogP contribution in [0.25, 0.3) is 11.6 Å². The highest BCUT2D eigenvalue weighted by molar-refractivity contribution is 6.34. The lowest BCUT2D eigenvalue weighted by molar-refractivity contribution is -0.110. The number of nitrogens with zero attached hydrogens (tertiary/aromatic N) is 1. The highest BCUT2D eigenvalue weighted by Crippen LogP contribution is 2.34. The summed E-state index contributed by atoms with van der Waals surface area (Å²) in [6.45, 7) is 6.98. The van der Waals surface area contributed by atoms with Crippen molar-refractivity contribution in [1.29, 1.82) is 0 Å². The smallest absolute Gasteiger partial charge is 0.256 e. The first kappa shape index (κ1) is 22.2. The predicted octanol–water partition coefficient (Wildman–Crippen LogP) is 1.69. The fraction of sp³-hybridized carbons (Fsp3) is 0.391. The van der Waals surface area contributed by atoms with Crippen molar-refractivity contribution in [1.82, 2.24) is 15.2 Å². The Bertz CT molecular complexity index is 1070. The van der Waals surface area contributed by atoms with E-state index in [1.165, 1.54) is 18.2 Å². The van der Waals surface area contributed by atoms with Gasteiger partial charge in [0.15, 0.2) is 0 Å². The molecule has 1 unspecified atom stereocenters. The predicted molar refractivity (Wildman–Crippen MR) is 119 cm³/mol. The van der Waals surface area contributed by atoms with Gasteiger partial charge in [-0.1, -0.05) is 0 Å². The maximum atomic E-state index is 13.7. The van der Waals surface area contributed by atoms with E-state index in [4.69, 9.17) is 4.74 Å². The normalized spacial score (nSPS) is 18.5. The first-order valence-corrected chi connectivity index (χ1v) is 10.6. The van der Waals surface area contributed by atoms with Crippen LogP contribution in [0.2, 0.25) is 0 Å². The number of hydrogen-bond donors (Lipinski definition) is 4. The number of morpholine rings is 1. The minimum absolute atomic E-state index is 0.131. The summed E-state index contributed by atoms with van der Waals surface area (Å²) < 4.78 is 19.0. The number of halogens is 1. The molecule has 1 saturated heterocycles. The third kappa shape index (κ3) is 4.59. The number of aromatic amines is 1. The summed E-state index contributed by atoms with van der Waals surface area (Å²) in [6, 6.07) is 4.13. The van der Waals surface area contributed by atoms with E-state index in [0.717, 1.165) is 13.1 Å². The average molecular weight is 444 g/mol. The Labute approximate surface area is 185 Å². The van der Waals surface area contributed by atoms with Crippen molar-refractivity contribution in [2.75, 3.05) is 44.7 Å². The number of aryl methyl sites for hydroxylation is 1. The number of aliphatic hydroxyl groups is 1. The number of ether oxygens (including phenoxy) is 1. The lowest BCUT2D eigenvalue weighted by atomic mass is 10.1. The van der Waals surface area contributed by atoms with Crippen LogP contribution in [0.4, 0.5) is 10.1 Å². The number of carbonyl (C=O) groups is 2. The number of aromatic nitrogens is 1. The van der Waals surface area contributed by atoms with E-state index in [0.29, 0.717) is 59.1 Å². The van der Waals surface area contributed by atoms with Crippen molar-refractivity contribution in [3.8, 4) is 0 Å². The topological polar surface area (TPSA) is 107 Å². The Morgan fingerprint density at radius 3 is 2.84 bits per heavy atom. The van der Waals surface area contributed by atoms with Crippen molar-refractivity contribution in [2.45, 2.75) is 20.0 Å². The molecule has 170 valence electrons. The second kappa shape index (κ2) is 9.23. The molecule has 9 heteroatoms. The molecular weight excluding hydrogens is 417 g/mol. The van der Waals surface area contributed by atoms with E-state index in [-0.39, 0.29) is 18.4 Å². The maximum Gasteiger partial charge on any atom is 0.256 e. The number of nitrogens with one attached hydrogen (secondary N) is 3. The van der Waals surface area contributed by atoms with E-state index in [1.54, 1.807) is 19.9 Å². The summed E-state index contributed by atoms with van der Waals surface area (Å²) in [5.74, 6) is -1.06. The standard InChI is InChI=1S/C23H27FN4O4/c1-13-20(10-18-17-9-15(24)3-4-19(17)27-22(18)30)26-14(2)21(13)23(31)25-11-16(29)12-28-5-7-32-8-6-28/h3-4,9-10,16,26,29H,5-8,11-12H2,1-2H3,(H,25,31)(H,27,30)/b18-10-/i10+2. The van der Waals surface area contributed by atoms with Crippen molar-refractivity contribution < 1.29 is 23.8 Å². The summed E-state index contributed by atoms with van der Waals surface area (Å²) in [5, 5.41) is 15.8. The highest BCUT2D eigenvalue weighted by Gasteiger charge is 2.26. The molecule has 4 rings (SSSR count). The van der Waals surface area contributed by atoms with Crippen LogP contribution in [-0.4, -0.2) is 72.3 Å². The van der Waals surface area contributed by atoms with Gasteiger partial charge in [-0.15, -0.1) is 0 Å². The lowest BCUT2D eigenvalue weighted by Gasteiger charge is -2.28. The molecule has 32 heavy (non-hydrogen) atoms. The van der Waals surface area contributed by atoms with Gasteiger partial charge >= 0.3 is 0 Å². The molecule has 2 aliphatic rings. The number of benzene rings is 1. The summed E-state index contributed by atoms with van der Waals surface area (Å²) in [5.41, 5.74) is 3.75. The molecule has 1 fully saturated rings. The van der Waals surface area contributed by atoms with Gasteiger partial charge in [-0.2, -0.15) is 0 Å². The molecule has 2 amide bonds. The van der Waals surface area contributed by atoms with Crippen LogP contribution in [0.15, 0.2) is 18.2 Å². The van der Waals surface area contributed by atoms with Gasteiger partial charge in [-0.05, 0) is 43.7 Å². The number of H-pyrrole nitrogens is 1. The van der Waals surface area contributed by atoms with Gasteiger partial charge in [-0.3, -0.25) is 14.5 Å². The average Bonchev–Trinajstić information content (AvgIpc) is 3.22. The summed E-state index contributed by atoms with van der Waals surface area (Å²) in [4.78, 5) is 30.5. The van der Waals surface area contributed by atoms with E-state index in [9.17, 15) is 19.1 Å². The van der Waals surface area contributed by atoms with Crippen LogP contribution in [0.5, 0.6) is 0 Å². The number of β-amino-alcohol motifs (C(OH)–C–C–N with tert-alkyl or cyclic N) is 1. The molecule has 1 atom stereocenters. The number of amides is 2. The van der Waals surface area contributed by atoms with Crippen LogP contribution < -0.4 is 10.6 Å². The third-order valence-electron chi connectivity index (χ3n) is 5.83. The number of rotatable bonds is 6. The largest absolute Gasteiger partial charge is 0.390 e. The van der Waals surface area contributed by atoms with Crippen LogP contribution in [0.3, 0.4) is 0 Å². The van der Waals surface area contributed by atoms with Gasteiger partial charge in [0, 0.05) is 48.8 Å². The monoisotopic (exact) mass is 444 g/mol. The number of fused-ring (bicyclic) bond motifs is 1. The number of hydrogen-bond acceptors (Lipinski definition) is 5. The molecule has 4 N–H and O–H groups in total.